The number of fused-ring (bicyclic) bond motifs is 1. The van der Waals surface area contributed by atoms with Crippen molar-refractivity contribution in [2.75, 3.05) is 11.5 Å². The number of aromatic nitrogens is 5. The Morgan fingerprint density at radius 1 is 1.39 bits per heavy atom. The SMILES string of the molecule is Cc1nn(C2CCS(=O)(=O)C2)c2ncc(CNC(C)Cn3cccn3)cc12.Cl. The second-order valence-corrected chi connectivity index (χ2v) is 9.54. The van der Waals surface area contributed by atoms with Crippen LogP contribution < -0.4 is 5.32 Å². The Balaban J connectivity index is 0.00000225. The Morgan fingerprint density at radius 3 is 2.89 bits per heavy atom. The van der Waals surface area contributed by atoms with Gasteiger partial charge in [0.05, 0.1) is 29.8 Å². The van der Waals surface area contributed by atoms with Crippen LogP contribution in [-0.2, 0) is 22.9 Å². The summed E-state index contributed by atoms with van der Waals surface area (Å²) in [7, 11) is -2.96. The van der Waals surface area contributed by atoms with Crippen LogP contribution in [0.1, 0.15) is 30.6 Å². The zero-order valence-electron chi connectivity index (χ0n) is 15.9. The summed E-state index contributed by atoms with van der Waals surface area (Å²) in [5.41, 5.74) is 2.73. The highest BCUT2D eigenvalue weighted by Gasteiger charge is 2.31. The van der Waals surface area contributed by atoms with E-state index in [9.17, 15) is 8.42 Å². The van der Waals surface area contributed by atoms with Gasteiger partial charge in [-0.15, -0.1) is 12.4 Å². The average molecular weight is 425 g/mol. The number of halogens is 1. The molecule has 2 atom stereocenters. The molecule has 0 spiro atoms. The van der Waals surface area contributed by atoms with Crippen LogP contribution in [-0.4, -0.2) is 50.5 Å². The molecule has 0 bridgehead atoms. The molecule has 1 fully saturated rings. The van der Waals surface area contributed by atoms with Gasteiger partial charge in [0, 0.05) is 36.6 Å². The second-order valence-electron chi connectivity index (χ2n) is 7.31. The van der Waals surface area contributed by atoms with E-state index in [0.717, 1.165) is 28.8 Å². The van der Waals surface area contributed by atoms with E-state index in [4.69, 9.17) is 0 Å². The lowest BCUT2D eigenvalue weighted by atomic mass is 10.2. The van der Waals surface area contributed by atoms with Gasteiger partial charge < -0.3 is 5.32 Å². The molecular formula is C18H25ClN6O2S. The van der Waals surface area contributed by atoms with Gasteiger partial charge in [-0.3, -0.25) is 4.68 Å². The summed E-state index contributed by atoms with van der Waals surface area (Å²) in [6.07, 6.45) is 6.18. The highest BCUT2D eigenvalue weighted by molar-refractivity contribution is 7.91. The molecule has 8 nitrogen and oxygen atoms in total. The zero-order valence-corrected chi connectivity index (χ0v) is 17.6. The van der Waals surface area contributed by atoms with E-state index in [1.807, 2.05) is 30.1 Å². The molecule has 1 saturated heterocycles. The van der Waals surface area contributed by atoms with Gasteiger partial charge in [0.2, 0.25) is 0 Å². The molecule has 152 valence electrons. The molecule has 0 aliphatic carbocycles. The number of nitrogens with zero attached hydrogens (tertiary/aromatic N) is 5. The molecular weight excluding hydrogens is 400 g/mol. The Hall–Kier alpha value is -1.97. The first kappa shape index (κ1) is 20.8. The molecule has 0 saturated carbocycles. The van der Waals surface area contributed by atoms with E-state index in [1.54, 1.807) is 10.9 Å². The monoisotopic (exact) mass is 424 g/mol. The number of aryl methyl sites for hydroxylation is 1. The van der Waals surface area contributed by atoms with Gasteiger partial charge in [0.25, 0.3) is 0 Å². The molecule has 0 aromatic carbocycles. The van der Waals surface area contributed by atoms with Crippen molar-refractivity contribution < 1.29 is 8.42 Å². The Kier molecular flexibility index (Phi) is 6.07. The smallest absolute Gasteiger partial charge is 0.158 e. The van der Waals surface area contributed by atoms with Crippen molar-refractivity contribution in [1.29, 1.82) is 0 Å². The Morgan fingerprint density at radius 2 is 2.21 bits per heavy atom. The van der Waals surface area contributed by atoms with Gasteiger partial charge in [0.1, 0.15) is 0 Å². The largest absolute Gasteiger partial charge is 0.308 e. The van der Waals surface area contributed by atoms with Crippen LogP contribution >= 0.6 is 12.4 Å². The van der Waals surface area contributed by atoms with E-state index < -0.39 is 9.84 Å². The lowest BCUT2D eigenvalue weighted by Crippen LogP contribution is -2.30. The molecule has 2 unspecified atom stereocenters. The molecule has 1 aliphatic rings. The highest BCUT2D eigenvalue weighted by Crippen LogP contribution is 2.28. The summed E-state index contributed by atoms with van der Waals surface area (Å²) in [4.78, 5) is 4.60. The van der Waals surface area contributed by atoms with Crippen molar-refractivity contribution in [2.45, 2.75) is 45.4 Å². The quantitative estimate of drug-likeness (QED) is 0.649. The van der Waals surface area contributed by atoms with Gasteiger partial charge in [-0.25, -0.2) is 18.1 Å². The third kappa shape index (κ3) is 4.37. The predicted octanol–water partition coefficient (Wildman–Crippen LogP) is 1.90. The summed E-state index contributed by atoms with van der Waals surface area (Å²) >= 11 is 0. The molecule has 0 amide bonds. The molecule has 1 N–H and O–H groups in total. The predicted molar refractivity (Wildman–Crippen MR) is 110 cm³/mol. The molecule has 3 aromatic heterocycles. The van der Waals surface area contributed by atoms with Crippen LogP contribution in [0, 0.1) is 6.92 Å². The van der Waals surface area contributed by atoms with Crippen LogP contribution in [0.3, 0.4) is 0 Å². The number of nitrogens with one attached hydrogen (secondary N) is 1. The fraction of sp³-hybridized carbons (Fsp3) is 0.500. The van der Waals surface area contributed by atoms with Crippen LogP contribution in [0.4, 0.5) is 0 Å². The maximum Gasteiger partial charge on any atom is 0.158 e. The Bertz CT molecular complexity index is 1050. The number of pyridine rings is 1. The normalized spacial score (nSPS) is 19.6. The van der Waals surface area contributed by atoms with Crippen LogP contribution in [0.5, 0.6) is 0 Å². The first-order chi connectivity index (χ1) is 12.9. The van der Waals surface area contributed by atoms with Gasteiger partial charge in [-0.1, -0.05) is 0 Å². The van der Waals surface area contributed by atoms with Crippen molar-refractivity contribution in [3.05, 3.63) is 42.0 Å². The second kappa shape index (κ2) is 8.18. The first-order valence-electron chi connectivity index (χ1n) is 9.16. The van der Waals surface area contributed by atoms with E-state index >= 15 is 0 Å². The molecule has 28 heavy (non-hydrogen) atoms. The van der Waals surface area contributed by atoms with Gasteiger partial charge in [-0.2, -0.15) is 10.2 Å². The number of rotatable bonds is 6. The summed E-state index contributed by atoms with van der Waals surface area (Å²) in [6.45, 7) is 5.57. The lowest BCUT2D eigenvalue weighted by Gasteiger charge is -2.14. The molecule has 3 aromatic rings. The van der Waals surface area contributed by atoms with Crippen molar-refractivity contribution >= 4 is 33.3 Å². The summed E-state index contributed by atoms with van der Waals surface area (Å²) in [5, 5.41) is 13.3. The van der Waals surface area contributed by atoms with Crippen LogP contribution in [0.25, 0.3) is 11.0 Å². The fourth-order valence-electron chi connectivity index (χ4n) is 3.58. The number of sulfone groups is 1. The Labute approximate surface area is 170 Å². The van der Waals surface area contributed by atoms with E-state index in [-0.39, 0.29) is 36.0 Å². The molecule has 1 aliphatic heterocycles. The summed E-state index contributed by atoms with van der Waals surface area (Å²) in [5.74, 6) is 0.382. The standard InChI is InChI=1S/C18H24N6O2S.ClH/c1-13(11-23-6-3-5-21-23)19-9-15-8-17-14(2)22-24(18(17)20-10-15)16-4-7-27(25,26)12-16;/h3,5-6,8,10,13,16,19H,4,7,9,11-12H2,1-2H3;1H. The van der Waals surface area contributed by atoms with Crippen molar-refractivity contribution in [3.63, 3.8) is 0 Å². The highest BCUT2D eigenvalue weighted by atomic mass is 35.5. The third-order valence-electron chi connectivity index (χ3n) is 5.02. The molecule has 10 heteroatoms. The maximum atomic E-state index is 11.8. The van der Waals surface area contributed by atoms with E-state index in [1.165, 1.54) is 0 Å². The summed E-state index contributed by atoms with van der Waals surface area (Å²) in [6, 6.07) is 4.17. The van der Waals surface area contributed by atoms with Gasteiger partial charge in [0.15, 0.2) is 15.5 Å². The van der Waals surface area contributed by atoms with Gasteiger partial charge in [-0.05, 0) is 38.0 Å². The molecule has 0 radical (unpaired) electrons. The average Bonchev–Trinajstić information content (AvgIpc) is 3.33. The van der Waals surface area contributed by atoms with Gasteiger partial charge >= 0.3 is 0 Å². The number of hydrogen-bond donors (Lipinski definition) is 1. The van der Waals surface area contributed by atoms with Crippen molar-refractivity contribution in [3.8, 4) is 0 Å². The summed E-state index contributed by atoms with van der Waals surface area (Å²) < 4.78 is 27.3. The van der Waals surface area contributed by atoms with E-state index in [0.29, 0.717) is 13.0 Å². The zero-order chi connectivity index (χ0) is 19.0. The molecule has 4 heterocycles. The fourth-order valence-corrected chi connectivity index (χ4v) is 5.27. The van der Waals surface area contributed by atoms with Crippen molar-refractivity contribution in [1.82, 2.24) is 29.9 Å². The lowest BCUT2D eigenvalue weighted by molar-refractivity contribution is 0.450. The maximum absolute atomic E-state index is 11.8. The van der Waals surface area contributed by atoms with Crippen LogP contribution in [0.15, 0.2) is 30.7 Å². The minimum absolute atomic E-state index is 0. The minimum atomic E-state index is -2.96. The van der Waals surface area contributed by atoms with Crippen molar-refractivity contribution in [2.24, 2.45) is 0 Å². The topological polar surface area (TPSA) is 94.7 Å². The third-order valence-corrected chi connectivity index (χ3v) is 6.77. The van der Waals surface area contributed by atoms with Crippen LogP contribution in [0.2, 0.25) is 0 Å². The minimum Gasteiger partial charge on any atom is -0.308 e. The number of hydrogen-bond acceptors (Lipinski definition) is 6. The van der Waals surface area contributed by atoms with E-state index in [2.05, 4.69) is 33.5 Å². The first-order valence-corrected chi connectivity index (χ1v) is 11.0. The molecule has 4 rings (SSSR count).